The Kier molecular flexibility index (Phi) is 9.59. The fourth-order valence-electron chi connectivity index (χ4n) is 10.8. The van der Waals surface area contributed by atoms with Crippen LogP contribution in [0.5, 0.6) is 0 Å². The van der Waals surface area contributed by atoms with Gasteiger partial charge in [-0.3, -0.25) is 24.0 Å². The average molecular weight is 676 g/mol. The quantitative estimate of drug-likeness (QED) is 0.317. The van der Waals surface area contributed by atoms with E-state index in [1.807, 2.05) is 25.1 Å². The average Bonchev–Trinajstić information content (AvgIpc) is 3.33. The van der Waals surface area contributed by atoms with Gasteiger partial charge in [-0.2, -0.15) is 0 Å². The topological polar surface area (TPSA) is 136 Å². The number of ketones is 3. The number of benzene rings is 1. The number of carbonyl (C=O) groups is 5. The second-order valence-corrected chi connectivity index (χ2v) is 16.7. The summed E-state index contributed by atoms with van der Waals surface area (Å²) >= 11 is 0. The van der Waals surface area contributed by atoms with Crippen molar-refractivity contribution in [1.82, 2.24) is 5.32 Å². The van der Waals surface area contributed by atoms with Crippen LogP contribution >= 0.6 is 0 Å². The molecule has 6 rings (SSSR count). The van der Waals surface area contributed by atoms with E-state index >= 15 is 0 Å². The third kappa shape index (κ3) is 6.46. The lowest BCUT2D eigenvalue weighted by molar-refractivity contribution is -0.173. The number of aliphatic hydroxyl groups is 1. The fourth-order valence-corrected chi connectivity index (χ4v) is 10.8. The van der Waals surface area contributed by atoms with Crippen molar-refractivity contribution in [2.24, 2.45) is 28.6 Å². The maximum Gasteiger partial charge on any atom is 0.306 e. The molecule has 0 radical (unpaired) electrons. The second kappa shape index (κ2) is 13.2. The molecule has 1 aliphatic heterocycles. The van der Waals surface area contributed by atoms with E-state index in [0.29, 0.717) is 32.4 Å². The van der Waals surface area contributed by atoms with Crippen LogP contribution in [0, 0.1) is 28.6 Å². The number of hydrogen-bond acceptors (Lipinski definition) is 8. The monoisotopic (exact) mass is 675 g/mol. The number of fused-ring (bicyclic) bond motifs is 5. The number of hydrogen-bond donors (Lipinski definition) is 2. The van der Waals surface area contributed by atoms with Gasteiger partial charge < -0.3 is 19.9 Å². The van der Waals surface area contributed by atoms with Gasteiger partial charge in [0.25, 0.3) is 0 Å². The number of allylic oxidation sites excluding steroid dienone is 1. The Morgan fingerprint density at radius 2 is 1.73 bits per heavy atom. The number of esters is 1. The molecule has 7 atom stereocenters. The van der Waals surface area contributed by atoms with Crippen LogP contribution in [-0.2, 0) is 38.9 Å². The van der Waals surface area contributed by atoms with Gasteiger partial charge in [0.2, 0.25) is 11.7 Å². The molecule has 0 bridgehead atoms. The predicted molar refractivity (Wildman–Crippen MR) is 182 cm³/mol. The van der Waals surface area contributed by atoms with Crippen LogP contribution in [0.3, 0.4) is 0 Å². The fraction of sp³-hybridized carbons (Fsp3) is 0.675. The zero-order valence-electron chi connectivity index (χ0n) is 29.6. The smallest absolute Gasteiger partial charge is 0.306 e. The molecule has 9 nitrogen and oxygen atoms in total. The minimum Gasteiger partial charge on any atom is -0.458 e. The molecular weight excluding hydrogens is 622 g/mol. The maximum atomic E-state index is 13.9. The molecule has 49 heavy (non-hydrogen) atoms. The summed E-state index contributed by atoms with van der Waals surface area (Å²) in [7, 11) is 0. The van der Waals surface area contributed by atoms with Gasteiger partial charge in [-0.1, -0.05) is 49.8 Å². The van der Waals surface area contributed by atoms with Crippen LogP contribution in [0.2, 0.25) is 0 Å². The lowest BCUT2D eigenvalue weighted by Crippen LogP contribution is -2.61. The summed E-state index contributed by atoms with van der Waals surface area (Å²) in [6, 6.07) is 10.3. The predicted octanol–water partition coefficient (Wildman–Crippen LogP) is 5.35. The Balaban J connectivity index is 1.00. The van der Waals surface area contributed by atoms with Crippen LogP contribution in [0.25, 0.3) is 0 Å². The normalized spacial score (nSPS) is 36.5. The summed E-state index contributed by atoms with van der Waals surface area (Å²) < 4.78 is 11.3. The Morgan fingerprint density at radius 3 is 2.47 bits per heavy atom. The Morgan fingerprint density at radius 1 is 0.980 bits per heavy atom. The third-order valence-corrected chi connectivity index (χ3v) is 13.3. The van der Waals surface area contributed by atoms with Gasteiger partial charge in [0.1, 0.15) is 11.4 Å². The summed E-state index contributed by atoms with van der Waals surface area (Å²) in [5.41, 5.74) is -1.17. The van der Waals surface area contributed by atoms with Gasteiger partial charge in [0.15, 0.2) is 12.4 Å². The number of Topliss-reactive ketones (excluding diaryl/α,β-unsaturated/α-hetero) is 2. The van der Waals surface area contributed by atoms with E-state index in [1.54, 1.807) is 6.08 Å². The summed E-state index contributed by atoms with van der Waals surface area (Å²) in [6.07, 6.45) is 7.47. The van der Waals surface area contributed by atoms with Gasteiger partial charge in [-0.25, -0.2) is 0 Å². The van der Waals surface area contributed by atoms with E-state index < -0.39 is 29.4 Å². The summed E-state index contributed by atoms with van der Waals surface area (Å²) in [4.78, 5) is 65.0. The minimum atomic E-state index is -1.77. The molecule has 2 N–H and O–H groups in total. The molecule has 5 aliphatic rings. The first kappa shape index (κ1) is 35.6. The number of ether oxygens (including phenoxy) is 2. The molecule has 0 unspecified atom stereocenters. The highest BCUT2D eigenvalue weighted by Crippen LogP contribution is 2.66. The van der Waals surface area contributed by atoms with E-state index in [-0.39, 0.29) is 77.3 Å². The third-order valence-electron chi connectivity index (χ3n) is 13.3. The first-order valence-electron chi connectivity index (χ1n) is 18.3. The van der Waals surface area contributed by atoms with E-state index in [0.717, 1.165) is 37.7 Å². The van der Waals surface area contributed by atoms with Gasteiger partial charge in [-0.15, -0.1) is 0 Å². The zero-order valence-corrected chi connectivity index (χ0v) is 29.6. The van der Waals surface area contributed by atoms with Crippen molar-refractivity contribution in [2.45, 2.75) is 121 Å². The molecular formula is C40H53NO8. The molecule has 0 aromatic heterocycles. The van der Waals surface area contributed by atoms with Gasteiger partial charge in [0.05, 0.1) is 12.0 Å². The number of rotatable bonds is 10. The molecule has 1 amide bonds. The van der Waals surface area contributed by atoms with Crippen molar-refractivity contribution in [3.63, 3.8) is 0 Å². The van der Waals surface area contributed by atoms with Crippen molar-refractivity contribution >= 4 is 29.2 Å². The lowest BCUT2D eigenvalue weighted by Gasteiger charge is -2.57. The second-order valence-electron chi connectivity index (χ2n) is 16.7. The number of nitrogens with one attached hydrogen (secondary N) is 1. The molecule has 1 aromatic carbocycles. The van der Waals surface area contributed by atoms with Crippen molar-refractivity contribution < 1.29 is 38.6 Å². The van der Waals surface area contributed by atoms with E-state index in [1.165, 1.54) is 5.56 Å². The highest BCUT2D eigenvalue weighted by molar-refractivity contribution is 5.95. The highest BCUT2D eigenvalue weighted by Gasteiger charge is 2.68. The van der Waals surface area contributed by atoms with Crippen molar-refractivity contribution in [3.05, 3.63) is 47.5 Å². The summed E-state index contributed by atoms with van der Waals surface area (Å²) in [5, 5.41) is 14.9. The largest absolute Gasteiger partial charge is 0.458 e. The van der Waals surface area contributed by atoms with Crippen LogP contribution in [0.4, 0.5) is 0 Å². The molecule has 9 heteroatoms. The highest BCUT2D eigenvalue weighted by atomic mass is 16.5. The van der Waals surface area contributed by atoms with Crippen LogP contribution in [0.15, 0.2) is 42.0 Å². The zero-order chi connectivity index (χ0) is 35.2. The van der Waals surface area contributed by atoms with Crippen LogP contribution in [0.1, 0.15) is 110 Å². The van der Waals surface area contributed by atoms with Crippen molar-refractivity contribution in [1.29, 1.82) is 0 Å². The Labute approximate surface area is 289 Å². The summed E-state index contributed by atoms with van der Waals surface area (Å²) in [5.74, 6) is -1.55. The maximum absolute atomic E-state index is 13.9. The molecule has 4 aliphatic carbocycles. The van der Waals surface area contributed by atoms with Crippen LogP contribution < -0.4 is 5.32 Å². The minimum absolute atomic E-state index is 0.0206. The molecule has 4 fully saturated rings. The van der Waals surface area contributed by atoms with Gasteiger partial charge in [-0.05, 0) is 94.1 Å². The van der Waals surface area contributed by atoms with E-state index in [2.05, 4.69) is 38.2 Å². The summed E-state index contributed by atoms with van der Waals surface area (Å²) in [6.45, 7) is 8.67. The molecule has 0 spiro atoms. The van der Waals surface area contributed by atoms with Gasteiger partial charge >= 0.3 is 5.97 Å². The number of amides is 1. The van der Waals surface area contributed by atoms with E-state index in [4.69, 9.17) is 9.47 Å². The Hall–Kier alpha value is -3.17. The SMILES string of the molecule is CC1(C)C[C@](CCNC(=O)CCC(=O)OCC(=O)[C@@]2(O)CC[C@@H]3[C@H]4CCC5=CC(=O)CC[C@]5(C)[C@H]4C(=O)C[C@@]32C)(c2ccccc2)CCO1. The lowest BCUT2D eigenvalue weighted by atomic mass is 9.46. The van der Waals surface area contributed by atoms with E-state index in [9.17, 15) is 29.1 Å². The first-order valence-corrected chi connectivity index (χ1v) is 18.3. The van der Waals surface area contributed by atoms with Crippen LogP contribution in [-0.4, -0.2) is 65.3 Å². The van der Waals surface area contributed by atoms with Gasteiger partial charge in [0, 0.05) is 49.2 Å². The molecule has 1 saturated heterocycles. The Bertz CT molecular complexity index is 1530. The first-order chi connectivity index (χ1) is 23.1. The van der Waals surface area contributed by atoms with Crippen molar-refractivity contribution in [3.8, 4) is 0 Å². The standard InChI is InChI=1S/C40H53NO8/c1-36(2)25-39(19-21-49-36,26-8-6-5-7-9-26)18-20-41-33(45)12-13-34(46)48-24-32(44)40(47)17-15-30-29-11-10-27-22-28(42)14-16-37(27,3)35(29)31(43)23-38(30,40)4/h5-9,22,29-30,35,47H,10-21,23-25H2,1-4H3,(H,41,45)/t29-,30-,35-,37+,38+,39-,40+/m1/s1. The molecule has 1 heterocycles. The number of carbonyl (C=O) groups excluding carboxylic acids is 5. The molecule has 266 valence electrons. The van der Waals surface area contributed by atoms with Crippen molar-refractivity contribution in [2.75, 3.05) is 19.8 Å². The molecule has 3 saturated carbocycles. The molecule has 1 aromatic rings.